The Morgan fingerprint density at radius 3 is 2.85 bits per heavy atom. The van der Waals surface area contributed by atoms with Crippen LogP contribution in [0.1, 0.15) is 16.9 Å². The summed E-state index contributed by atoms with van der Waals surface area (Å²) in [6.07, 6.45) is 2.20. The van der Waals surface area contributed by atoms with E-state index in [4.69, 9.17) is 5.73 Å². The first-order valence-electron chi connectivity index (χ1n) is 6.27. The number of anilines is 1. The topological polar surface area (TPSA) is 86.7 Å². The van der Waals surface area contributed by atoms with Gasteiger partial charge in [0.05, 0.1) is 5.52 Å². The van der Waals surface area contributed by atoms with Gasteiger partial charge in [-0.05, 0) is 18.6 Å². The van der Waals surface area contributed by atoms with Crippen LogP contribution in [-0.2, 0) is 6.42 Å². The minimum Gasteiger partial charge on any atom is -0.366 e. The summed E-state index contributed by atoms with van der Waals surface area (Å²) in [6, 6.07) is 11.8. The summed E-state index contributed by atoms with van der Waals surface area (Å²) in [7, 11) is 0. The quantitative estimate of drug-likeness (QED) is 0.780. The molecular weight excluding hydrogens is 254 g/mol. The summed E-state index contributed by atoms with van der Waals surface area (Å²) in [4.78, 5) is 20.1. The van der Waals surface area contributed by atoms with Gasteiger partial charge < -0.3 is 5.73 Å². The van der Waals surface area contributed by atoms with E-state index in [0.717, 1.165) is 21.3 Å². The van der Waals surface area contributed by atoms with Crippen molar-refractivity contribution < 1.29 is 4.79 Å². The Kier molecular flexibility index (Phi) is 3.12. The Hall–Kier alpha value is -2.76. The maximum absolute atomic E-state index is 11.9. The first-order valence-corrected chi connectivity index (χ1v) is 6.27. The van der Waals surface area contributed by atoms with Gasteiger partial charge in [-0.1, -0.05) is 24.3 Å². The smallest absolute Gasteiger partial charge is 0.248 e. The Labute approximate surface area is 115 Å². The summed E-state index contributed by atoms with van der Waals surface area (Å²) in [6.45, 7) is 0. The van der Waals surface area contributed by atoms with Crippen molar-refractivity contribution in [3.05, 3.63) is 48.4 Å². The van der Waals surface area contributed by atoms with Crippen molar-refractivity contribution >= 4 is 22.8 Å². The largest absolute Gasteiger partial charge is 0.366 e. The number of nitrogens with two attached hydrogens (primary N) is 1. The van der Waals surface area contributed by atoms with Crippen molar-refractivity contribution in [3.63, 3.8) is 0 Å². The first kappa shape index (κ1) is 12.3. The molecule has 100 valence electrons. The zero-order valence-electron chi connectivity index (χ0n) is 10.7. The SMILES string of the molecule is Nc1ncn(C(=O)CCc2ccc3ccccc3n2)n1. The average molecular weight is 267 g/mol. The molecule has 0 aliphatic carbocycles. The van der Waals surface area contributed by atoms with E-state index in [2.05, 4.69) is 15.1 Å². The van der Waals surface area contributed by atoms with Crippen molar-refractivity contribution in [2.75, 3.05) is 5.73 Å². The number of aromatic nitrogens is 4. The van der Waals surface area contributed by atoms with Gasteiger partial charge in [-0.3, -0.25) is 9.78 Å². The second kappa shape index (κ2) is 5.08. The number of benzene rings is 1. The van der Waals surface area contributed by atoms with Gasteiger partial charge in [-0.25, -0.2) is 4.98 Å². The summed E-state index contributed by atoms with van der Waals surface area (Å²) in [5.41, 5.74) is 7.19. The van der Waals surface area contributed by atoms with Gasteiger partial charge in [0.15, 0.2) is 0 Å². The predicted molar refractivity (Wildman–Crippen MR) is 75.1 cm³/mol. The fourth-order valence-electron chi connectivity index (χ4n) is 1.99. The summed E-state index contributed by atoms with van der Waals surface area (Å²) in [5, 5.41) is 4.88. The molecule has 0 atom stereocenters. The number of carbonyl (C=O) groups excluding carboxylic acids is 1. The van der Waals surface area contributed by atoms with Gasteiger partial charge >= 0.3 is 0 Å². The van der Waals surface area contributed by atoms with Crippen molar-refractivity contribution in [2.45, 2.75) is 12.8 Å². The molecule has 0 bridgehead atoms. The molecule has 2 heterocycles. The molecule has 6 nitrogen and oxygen atoms in total. The third-order valence-corrected chi connectivity index (χ3v) is 3.02. The van der Waals surface area contributed by atoms with Crippen LogP contribution in [0.2, 0.25) is 0 Å². The highest BCUT2D eigenvalue weighted by molar-refractivity contribution is 5.79. The molecule has 2 aromatic heterocycles. The lowest BCUT2D eigenvalue weighted by atomic mass is 10.1. The highest BCUT2D eigenvalue weighted by Gasteiger charge is 2.08. The predicted octanol–water partition coefficient (Wildman–Crippen LogP) is 1.68. The second-order valence-corrected chi connectivity index (χ2v) is 4.44. The van der Waals surface area contributed by atoms with Crippen molar-refractivity contribution in [3.8, 4) is 0 Å². The van der Waals surface area contributed by atoms with E-state index in [9.17, 15) is 4.79 Å². The molecule has 0 unspecified atom stereocenters. The number of para-hydroxylation sites is 1. The molecule has 1 aromatic carbocycles. The molecule has 3 aromatic rings. The number of nitrogens with zero attached hydrogens (tertiary/aromatic N) is 4. The van der Waals surface area contributed by atoms with Gasteiger partial charge in [0, 0.05) is 17.5 Å². The monoisotopic (exact) mass is 267 g/mol. The summed E-state index contributed by atoms with van der Waals surface area (Å²) >= 11 is 0. The third-order valence-electron chi connectivity index (χ3n) is 3.02. The lowest BCUT2D eigenvalue weighted by molar-refractivity contribution is 0.0886. The Morgan fingerprint density at radius 2 is 2.05 bits per heavy atom. The molecule has 0 aliphatic heterocycles. The number of hydrogen-bond donors (Lipinski definition) is 1. The lowest BCUT2D eigenvalue weighted by Crippen LogP contribution is -2.12. The fraction of sp³-hybridized carbons (Fsp3) is 0.143. The molecular formula is C14H13N5O. The summed E-state index contributed by atoms with van der Waals surface area (Å²) in [5.74, 6) is -0.0497. The van der Waals surface area contributed by atoms with E-state index >= 15 is 0 Å². The Morgan fingerprint density at radius 1 is 1.20 bits per heavy atom. The van der Waals surface area contributed by atoms with E-state index in [1.165, 1.54) is 6.33 Å². The fourth-order valence-corrected chi connectivity index (χ4v) is 1.99. The van der Waals surface area contributed by atoms with Crippen LogP contribution in [0.3, 0.4) is 0 Å². The number of carbonyl (C=O) groups is 1. The maximum atomic E-state index is 11.9. The average Bonchev–Trinajstić information content (AvgIpc) is 2.91. The van der Waals surface area contributed by atoms with Gasteiger partial charge in [0.1, 0.15) is 6.33 Å². The number of nitrogen functional groups attached to an aromatic ring is 1. The third kappa shape index (κ3) is 2.49. The molecule has 0 radical (unpaired) electrons. The van der Waals surface area contributed by atoms with E-state index in [1.807, 2.05) is 36.4 Å². The van der Waals surface area contributed by atoms with Crippen LogP contribution < -0.4 is 5.73 Å². The number of fused-ring (bicyclic) bond motifs is 1. The number of hydrogen-bond acceptors (Lipinski definition) is 5. The van der Waals surface area contributed by atoms with Crippen LogP contribution >= 0.6 is 0 Å². The Balaban J connectivity index is 1.72. The number of pyridine rings is 1. The number of rotatable bonds is 3. The van der Waals surface area contributed by atoms with E-state index < -0.39 is 0 Å². The minimum absolute atomic E-state index is 0.0992. The van der Waals surface area contributed by atoms with Crippen LogP contribution in [0.4, 0.5) is 5.95 Å². The van der Waals surface area contributed by atoms with Gasteiger partial charge in [0.25, 0.3) is 0 Å². The molecule has 2 N–H and O–H groups in total. The van der Waals surface area contributed by atoms with E-state index in [-0.39, 0.29) is 11.9 Å². The molecule has 20 heavy (non-hydrogen) atoms. The van der Waals surface area contributed by atoms with Gasteiger partial charge in [-0.2, -0.15) is 4.68 Å². The van der Waals surface area contributed by atoms with Crippen LogP contribution in [-0.4, -0.2) is 25.7 Å². The maximum Gasteiger partial charge on any atom is 0.248 e. The van der Waals surface area contributed by atoms with Gasteiger partial charge in [-0.15, -0.1) is 5.10 Å². The molecule has 0 fully saturated rings. The molecule has 6 heteroatoms. The van der Waals surface area contributed by atoms with Crippen LogP contribution in [0.5, 0.6) is 0 Å². The highest BCUT2D eigenvalue weighted by Crippen LogP contribution is 2.12. The number of aryl methyl sites for hydroxylation is 1. The summed E-state index contributed by atoms with van der Waals surface area (Å²) < 4.78 is 1.16. The van der Waals surface area contributed by atoms with Crippen molar-refractivity contribution in [1.29, 1.82) is 0 Å². The molecule has 0 spiro atoms. The van der Waals surface area contributed by atoms with Crippen LogP contribution in [0.25, 0.3) is 10.9 Å². The molecule has 3 rings (SSSR count). The standard InChI is InChI=1S/C14H13N5O/c15-14-16-9-19(18-14)13(20)8-7-11-6-5-10-3-1-2-4-12(10)17-11/h1-6,9H,7-8H2,(H2,15,18). The first-order chi connectivity index (χ1) is 9.72. The highest BCUT2D eigenvalue weighted by atomic mass is 16.2. The Bertz CT molecular complexity index is 765. The second-order valence-electron chi connectivity index (χ2n) is 4.44. The van der Waals surface area contributed by atoms with Crippen molar-refractivity contribution in [2.24, 2.45) is 0 Å². The molecule has 0 aliphatic rings. The molecule has 0 saturated heterocycles. The molecule has 0 amide bonds. The van der Waals surface area contributed by atoms with E-state index in [1.54, 1.807) is 0 Å². The zero-order valence-corrected chi connectivity index (χ0v) is 10.7. The van der Waals surface area contributed by atoms with Crippen LogP contribution in [0.15, 0.2) is 42.7 Å². The normalized spacial score (nSPS) is 10.8. The van der Waals surface area contributed by atoms with E-state index in [0.29, 0.717) is 12.8 Å². The van der Waals surface area contributed by atoms with Gasteiger partial charge in [0.2, 0.25) is 11.9 Å². The lowest BCUT2D eigenvalue weighted by Gasteiger charge is -2.02. The minimum atomic E-state index is -0.149. The van der Waals surface area contributed by atoms with Crippen molar-refractivity contribution in [1.82, 2.24) is 19.7 Å². The van der Waals surface area contributed by atoms with Crippen LogP contribution in [0, 0.1) is 0 Å². The zero-order chi connectivity index (χ0) is 13.9. The molecule has 0 saturated carbocycles.